The molecule has 1 heterocycles. The molecule has 9 heteroatoms. The minimum absolute atomic E-state index is 0.0110. The Balaban J connectivity index is 1.42. The van der Waals surface area contributed by atoms with E-state index < -0.39 is 17.7 Å². The monoisotopic (exact) mass is 453 g/mol. The van der Waals surface area contributed by atoms with E-state index in [0.717, 1.165) is 6.07 Å². The van der Waals surface area contributed by atoms with Crippen molar-refractivity contribution in [2.45, 2.75) is 19.1 Å². The van der Waals surface area contributed by atoms with Crippen LogP contribution in [0.15, 0.2) is 42.5 Å². The van der Waals surface area contributed by atoms with Crippen molar-refractivity contribution in [1.82, 2.24) is 9.80 Å². The van der Waals surface area contributed by atoms with Crippen LogP contribution in [-0.2, 0) is 4.79 Å². The molecule has 2 atom stereocenters. The molecule has 2 aromatic carbocycles. The molecule has 1 fully saturated rings. The molecule has 0 saturated carbocycles. The number of nitrogens with zero attached hydrogens (tertiary/aromatic N) is 2. The smallest absolute Gasteiger partial charge is 0.238 e. The van der Waals surface area contributed by atoms with Gasteiger partial charge in [0.15, 0.2) is 11.6 Å². The van der Waals surface area contributed by atoms with Gasteiger partial charge in [0.25, 0.3) is 0 Å². The van der Waals surface area contributed by atoms with Crippen LogP contribution in [0.3, 0.4) is 0 Å². The van der Waals surface area contributed by atoms with Crippen LogP contribution in [0.5, 0.6) is 5.75 Å². The van der Waals surface area contributed by atoms with Crippen molar-refractivity contribution in [3.63, 3.8) is 0 Å². The van der Waals surface area contributed by atoms with Crippen molar-refractivity contribution in [2.75, 3.05) is 44.6 Å². The molecule has 1 aliphatic rings. The van der Waals surface area contributed by atoms with E-state index in [-0.39, 0.29) is 41.6 Å². The number of carbonyl (C=O) groups is 1. The molecule has 2 aromatic rings. The third kappa shape index (κ3) is 6.87. The summed E-state index contributed by atoms with van der Waals surface area (Å²) in [6, 6.07) is 10.3. The van der Waals surface area contributed by atoms with Gasteiger partial charge in [0.1, 0.15) is 18.5 Å². The Hall–Kier alpha value is -2.26. The van der Waals surface area contributed by atoms with Gasteiger partial charge in [0.05, 0.1) is 12.2 Å². The van der Waals surface area contributed by atoms with E-state index in [2.05, 4.69) is 10.2 Å². The zero-order chi connectivity index (χ0) is 22.4. The number of aliphatic hydroxyl groups excluding tert-OH is 1. The molecule has 0 bridgehead atoms. The first-order valence-corrected chi connectivity index (χ1v) is 10.5. The average molecular weight is 454 g/mol. The second-order valence-corrected chi connectivity index (χ2v) is 8.08. The molecule has 3 rings (SSSR count). The first kappa shape index (κ1) is 23.4. The number of nitrogens with one attached hydrogen (secondary N) is 1. The SMILES string of the molecule is C[C@H]1CN(CC(=O)Nc2ccc(Cl)cc2F)CCN1C[C@H](O)COc1ccccc1F. The summed E-state index contributed by atoms with van der Waals surface area (Å²) in [7, 11) is 0. The zero-order valence-corrected chi connectivity index (χ0v) is 18.0. The molecule has 0 aromatic heterocycles. The van der Waals surface area contributed by atoms with E-state index in [0.29, 0.717) is 26.2 Å². The van der Waals surface area contributed by atoms with Gasteiger partial charge in [-0.1, -0.05) is 23.7 Å². The van der Waals surface area contributed by atoms with Crippen molar-refractivity contribution in [3.05, 3.63) is 59.1 Å². The van der Waals surface area contributed by atoms with Gasteiger partial charge < -0.3 is 15.2 Å². The lowest BCUT2D eigenvalue weighted by Crippen LogP contribution is -2.55. The number of hydrogen-bond donors (Lipinski definition) is 2. The van der Waals surface area contributed by atoms with Gasteiger partial charge in [-0.25, -0.2) is 8.78 Å². The molecule has 0 spiro atoms. The Bertz CT molecular complexity index is 902. The van der Waals surface area contributed by atoms with Crippen LogP contribution >= 0.6 is 11.6 Å². The van der Waals surface area contributed by atoms with E-state index >= 15 is 0 Å². The van der Waals surface area contributed by atoms with Gasteiger partial charge in [-0.05, 0) is 37.3 Å². The number of ether oxygens (including phenoxy) is 1. The fourth-order valence-electron chi connectivity index (χ4n) is 3.54. The number of hydrogen-bond acceptors (Lipinski definition) is 5. The van der Waals surface area contributed by atoms with E-state index in [1.165, 1.54) is 24.3 Å². The van der Waals surface area contributed by atoms with Gasteiger partial charge in [0.2, 0.25) is 5.91 Å². The number of para-hydroxylation sites is 1. The van der Waals surface area contributed by atoms with Crippen LogP contribution in [0.2, 0.25) is 5.02 Å². The molecule has 0 unspecified atom stereocenters. The molecule has 0 radical (unpaired) electrons. The van der Waals surface area contributed by atoms with Gasteiger partial charge in [0, 0.05) is 37.2 Å². The summed E-state index contributed by atoms with van der Waals surface area (Å²) in [5, 5.41) is 13.1. The van der Waals surface area contributed by atoms with Gasteiger partial charge in [-0.3, -0.25) is 14.6 Å². The maximum absolute atomic E-state index is 13.8. The lowest BCUT2D eigenvalue weighted by molar-refractivity contribution is -0.118. The number of halogens is 3. The largest absolute Gasteiger partial charge is 0.488 e. The molecule has 2 N–H and O–H groups in total. The molecular weight excluding hydrogens is 428 g/mol. The molecule has 1 saturated heterocycles. The summed E-state index contributed by atoms with van der Waals surface area (Å²) in [4.78, 5) is 16.4. The van der Waals surface area contributed by atoms with E-state index in [1.807, 2.05) is 11.8 Å². The second-order valence-electron chi connectivity index (χ2n) is 7.65. The van der Waals surface area contributed by atoms with E-state index in [9.17, 15) is 18.7 Å². The normalized spacial score (nSPS) is 18.5. The van der Waals surface area contributed by atoms with Crippen molar-refractivity contribution < 1.29 is 23.4 Å². The first-order chi connectivity index (χ1) is 14.8. The summed E-state index contributed by atoms with van der Waals surface area (Å²) in [6.45, 7) is 4.42. The number of aliphatic hydroxyl groups is 1. The van der Waals surface area contributed by atoms with Gasteiger partial charge >= 0.3 is 0 Å². The number of amides is 1. The Morgan fingerprint density at radius 3 is 2.74 bits per heavy atom. The number of β-amino-alcohol motifs (C(OH)–C–C–N with tert-alkyl or cyclic N) is 1. The summed E-state index contributed by atoms with van der Waals surface area (Å²) < 4.78 is 32.8. The van der Waals surface area contributed by atoms with Crippen LogP contribution in [0.25, 0.3) is 0 Å². The Kier molecular flexibility index (Phi) is 8.20. The third-order valence-corrected chi connectivity index (χ3v) is 5.37. The number of carbonyl (C=O) groups excluding carboxylic acids is 1. The highest BCUT2D eigenvalue weighted by atomic mass is 35.5. The number of benzene rings is 2. The predicted octanol–water partition coefficient (Wildman–Crippen LogP) is 3.00. The highest BCUT2D eigenvalue weighted by Crippen LogP contribution is 2.19. The molecule has 0 aliphatic carbocycles. The highest BCUT2D eigenvalue weighted by molar-refractivity contribution is 6.30. The minimum Gasteiger partial charge on any atom is -0.488 e. The quantitative estimate of drug-likeness (QED) is 0.643. The summed E-state index contributed by atoms with van der Waals surface area (Å²) in [5.74, 6) is -1.23. The van der Waals surface area contributed by atoms with Crippen LogP contribution in [0.4, 0.5) is 14.5 Å². The Labute approximate surface area is 185 Å². The van der Waals surface area contributed by atoms with E-state index in [1.54, 1.807) is 12.1 Å². The second kappa shape index (κ2) is 10.9. The zero-order valence-electron chi connectivity index (χ0n) is 17.2. The lowest BCUT2D eigenvalue weighted by atomic mass is 10.1. The summed E-state index contributed by atoms with van der Waals surface area (Å²) in [6.07, 6.45) is -0.773. The Morgan fingerprint density at radius 1 is 1.26 bits per heavy atom. The third-order valence-electron chi connectivity index (χ3n) is 5.13. The van der Waals surface area contributed by atoms with Crippen molar-refractivity contribution >= 4 is 23.2 Å². The van der Waals surface area contributed by atoms with Crippen molar-refractivity contribution in [1.29, 1.82) is 0 Å². The van der Waals surface area contributed by atoms with Crippen LogP contribution in [0.1, 0.15) is 6.92 Å². The summed E-state index contributed by atoms with van der Waals surface area (Å²) in [5.41, 5.74) is 0.0964. The fourth-order valence-corrected chi connectivity index (χ4v) is 3.70. The van der Waals surface area contributed by atoms with Crippen LogP contribution in [-0.4, -0.2) is 72.3 Å². The van der Waals surface area contributed by atoms with Gasteiger partial charge in [-0.15, -0.1) is 0 Å². The molecule has 168 valence electrons. The molecule has 1 amide bonds. The van der Waals surface area contributed by atoms with Crippen molar-refractivity contribution in [3.8, 4) is 5.75 Å². The topological polar surface area (TPSA) is 65.0 Å². The fraction of sp³-hybridized carbons (Fsp3) is 0.409. The summed E-state index contributed by atoms with van der Waals surface area (Å²) >= 11 is 5.72. The maximum Gasteiger partial charge on any atom is 0.238 e. The first-order valence-electron chi connectivity index (χ1n) is 10.1. The average Bonchev–Trinajstić information content (AvgIpc) is 2.71. The van der Waals surface area contributed by atoms with Crippen LogP contribution in [0, 0.1) is 11.6 Å². The lowest BCUT2D eigenvalue weighted by Gasteiger charge is -2.40. The van der Waals surface area contributed by atoms with Gasteiger partial charge in [-0.2, -0.15) is 0 Å². The molecule has 31 heavy (non-hydrogen) atoms. The highest BCUT2D eigenvalue weighted by Gasteiger charge is 2.26. The number of piperazine rings is 1. The Morgan fingerprint density at radius 2 is 2.03 bits per heavy atom. The number of rotatable bonds is 8. The molecule has 6 nitrogen and oxygen atoms in total. The van der Waals surface area contributed by atoms with Crippen molar-refractivity contribution in [2.24, 2.45) is 0 Å². The predicted molar refractivity (Wildman–Crippen MR) is 115 cm³/mol. The maximum atomic E-state index is 13.8. The minimum atomic E-state index is -0.773. The van der Waals surface area contributed by atoms with Crippen LogP contribution < -0.4 is 10.1 Å². The van der Waals surface area contributed by atoms with E-state index in [4.69, 9.17) is 16.3 Å². The standard InChI is InChI=1S/C22H26ClF2N3O3/c1-15-11-27(13-22(30)26-20-7-6-16(23)10-19(20)25)8-9-28(15)12-17(29)14-31-21-5-3-2-4-18(21)24/h2-7,10,15,17,29H,8-9,11-14H2,1H3,(H,26,30)/t15-,17-/m0/s1. The number of anilines is 1. The molecular formula is C22H26ClF2N3O3. The molecule has 1 aliphatic heterocycles.